The molecule has 1 heterocycles. The van der Waals surface area contributed by atoms with Crippen molar-refractivity contribution >= 4 is 39.9 Å². The number of anilines is 1. The van der Waals surface area contributed by atoms with Crippen molar-refractivity contribution in [3.8, 4) is 0 Å². The second kappa shape index (κ2) is 6.38. The lowest BCUT2D eigenvalue weighted by Gasteiger charge is -2.26. The van der Waals surface area contributed by atoms with Crippen LogP contribution in [0, 0.1) is 13.7 Å². The molecule has 1 atom stereocenters. The quantitative estimate of drug-likeness (QED) is 0.342. The fraction of sp³-hybridized carbons (Fsp3) is 0.462. The Hall–Kier alpha value is -1.38. The predicted molar refractivity (Wildman–Crippen MR) is 82.8 cm³/mol. The highest BCUT2D eigenvalue weighted by Crippen LogP contribution is 2.32. The van der Waals surface area contributed by atoms with Crippen molar-refractivity contribution in [1.82, 2.24) is 0 Å². The molecule has 2 rings (SSSR count). The summed E-state index contributed by atoms with van der Waals surface area (Å²) in [7, 11) is 0. The summed E-state index contributed by atoms with van der Waals surface area (Å²) >= 11 is 2.07. The average Bonchev–Trinajstić information content (AvgIpc) is 2.87. The SMILES string of the molecule is CCOC(=O)C1CCCN1c1ccc([N+](=O)[O-])cc1I. The molecule has 0 aromatic heterocycles. The van der Waals surface area contributed by atoms with Crippen molar-refractivity contribution in [2.24, 2.45) is 0 Å². The normalized spacial score (nSPS) is 18.1. The molecule has 1 aliphatic heterocycles. The Labute approximate surface area is 130 Å². The molecule has 0 radical (unpaired) electrons. The van der Waals surface area contributed by atoms with Gasteiger partial charge in [0.15, 0.2) is 0 Å². The Morgan fingerprint density at radius 1 is 1.60 bits per heavy atom. The molecule has 0 aliphatic carbocycles. The first-order chi connectivity index (χ1) is 9.54. The van der Waals surface area contributed by atoms with Gasteiger partial charge in [-0.1, -0.05) is 0 Å². The Kier molecular flexibility index (Phi) is 4.79. The van der Waals surface area contributed by atoms with Gasteiger partial charge in [-0.3, -0.25) is 10.1 Å². The van der Waals surface area contributed by atoms with Crippen LogP contribution in [0.3, 0.4) is 0 Å². The van der Waals surface area contributed by atoms with Crippen molar-refractivity contribution in [3.63, 3.8) is 0 Å². The summed E-state index contributed by atoms with van der Waals surface area (Å²) in [4.78, 5) is 24.3. The summed E-state index contributed by atoms with van der Waals surface area (Å²) in [6.07, 6.45) is 1.67. The van der Waals surface area contributed by atoms with E-state index in [4.69, 9.17) is 4.74 Å². The lowest BCUT2D eigenvalue weighted by atomic mass is 10.2. The van der Waals surface area contributed by atoms with E-state index in [1.165, 1.54) is 12.1 Å². The van der Waals surface area contributed by atoms with Crippen LogP contribution < -0.4 is 4.90 Å². The number of rotatable bonds is 4. The number of nitro benzene ring substituents is 1. The van der Waals surface area contributed by atoms with Crippen LogP contribution in [-0.2, 0) is 9.53 Å². The Bertz CT molecular complexity index is 535. The van der Waals surface area contributed by atoms with Gasteiger partial charge in [0.2, 0.25) is 0 Å². The summed E-state index contributed by atoms with van der Waals surface area (Å²) < 4.78 is 5.86. The van der Waals surface area contributed by atoms with Gasteiger partial charge in [-0.15, -0.1) is 0 Å². The van der Waals surface area contributed by atoms with Gasteiger partial charge in [-0.05, 0) is 48.4 Å². The van der Waals surface area contributed by atoms with E-state index in [1.807, 2.05) is 4.90 Å². The van der Waals surface area contributed by atoms with Gasteiger partial charge in [0.25, 0.3) is 5.69 Å². The molecule has 0 spiro atoms. The number of non-ortho nitro benzene ring substituents is 1. The number of carbonyl (C=O) groups excluding carboxylic acids is 1. The molecule has 0 amide bonds. The smallest absolute Gasteiger partial charge is 0.328 e. The highest BCUT2D eigenvalue weighted by molar-refractivity contribution is 14.1. The van der Waals surface area contributed by atoms with E-state index in [0.717, 1.165) is 28.6 Å². The zero-order valence-electron chi connectivity index (χ0n) is 11.0. The minimum absolute atomic E-state index is 0.0602. The second-order valence-corrected chi connectivity index (χ2v) is 5.66. The lowest BCUT2D eigenvalue weighted by molar-refractivity contribution is -0.384. The number of esters is 1. The van der Waals surface area contributed by atoms with E-state index >= 15 is 0 Å². The zero-order valence-corrected chi connectivity index (χ0v) is 13.2. The number of carbonyl (C=O) groups is 1. The van der Waals surface area contributed by atoms with Gasteiger partial charge in [0.05, 0.1) is 17.2 Å². The van der Waals surface area contributed by atoms with Gasteiger partial charge in [0, 0.05) is 22.2 Å². The van der Waals surface area contributed by atoms with E-state index in [9.17, 15) is 14.9 Å². The predicted octanol–water partition coefficient (Wildman–Crippen LogP) is 2.73. The highest BCUT2D eigenvalue weighted by atomic mass is 127. The van der Waals surface area contributed by atoms with Crippen LogP contribution in [0.15, 0.2) is 18.2 Å². The minimum atomic E-state index is -0.418. The zero-order chi connectivity index (χ0) is 14.7. The molecule has 0 bridgehead atoms. The Morgan fingerprint density at radius 3 is 2.95 bits per heavy atom. The molecule has 1 fully saturated rings. The summed E-state index contributed by atoms with van der Waals surface area (Å²) in [6, 6.07) is 4.41. The molecular formula is C13H15IN2O4. The van der Waals surface area contributed by atoms with Crippen LogP contribution in [0.1, 0.15) is 19.8 Å². The maximum absolute atomic E-state index is 11.9. The third kappa shape index (κ3) is 3.02. The molecule has 0 saturated carbocycles. The number of hydrogen-bond acceptors (Lipinski definition) is 5. The maximum atomic E-state index is 11.9. The van der Waals surface area contributed by atoms with E-state index in [1.54, 1.807) is 13.0 Å². The number of benzene rings is 1. The third-order valence-corrected chi connectivity index (χ3v) is 4.13. The Morgan fingerprint density at radius 2 is 2.35 bits per heavy atom. The van der Waals surface area contributed by atoms with E-state index in [0.29, 0.717) is 6.61 Å². The second-order valence-electron chi connectivity index (χ2n) is 4.50. The van der Waals surface area contributed by atoms with Crippen molar-refractivity contribution in [1.29, 1.82) is 0 Å². The van der Waals surface area contributed by atoms with Gasteiger partial charge in [-0.25, -0.2) is 4.79 Å². The van der Waals surface area contributed by atoms with Crippen LogP contribution in [-0.4, -0.2) is 30.1 Å². The third-order valence-electron chi connectivity index (χ3n) is 3.26. The first kappa shape index (κ1) is 15.0. The van der Waals surface area contributed by atoms with Gasteiger partial charge >= 0.3 is 5.97 Å². The maximum Gasteiger partial charge on any atom is 0.328 e. The largest absolute Gasteiger partial charge is 0.464 e. The highest BCUT2D eigenvalue weighted by Gasteiger charge is 2.33. The molecule has 1 saturated heterocycles. The molecule has 0 N–H and O–H groups in total. The first-order valence-electron chi connectivity index (χ1n) is 6.41. The molecule has 1 aliphatic rings. The number of nitrogens with zero attached hydrogens (tertiary/aromatic N) is 2. The summed E-state index contributed by atoms with van der Waals surface area (Å²) in [6.45, 7) is 2.91. The van der Waals surface area contributed by atoms with E-state index < -0.39 is 4.92 Å². The van der Waals surface area contributed by atoms with Crippen LogP contribution in [0.5, 0.6) is 0 Å². The molecular weight excluding hydrogens is 375 g/mol. The molecule has 6 nitrogen and oxygen atoms in total. The Balaban J connectivity index is 2.26. The number of nitro groups is 1. The van der Waals surface area contributed by atoms with E-state index in [2.05, 4.69) is 22.6 Å². The number of hydrogen-bond donors (Lipinski definition) is 0. The number of ether oxygens (including phenoxy) is 1. The van der Waals surface area contributed by atoms with Crippen molar-refractivity contribution in [2.75, 3.05) is 18.1 Å². The molecule has 1 unspecified atom stereocenters. The lowest BCUT2D eigenvalue weighted by Crippen LogP contribution is -2.37. The molecule has 108 valence electrons. The van der Waals surface area contributed by atoms with E-state index in [-0.39, 0.29) is 17.7 Å². The summed E-state index contributed by atoms with van der Waals surface area (Å²) in [5, 5.41) is 10.8. The summed E-state index contributed by atoms with van der Waals surface area (Å²) in [5.41, 5.74) is 0.914. The summed E-state index contributed by atoms with van der Waals surface area (Å²) in [5.74, 6) is -0.223. The van der Waals surface area contributed by atoms with Crippen molar-refractivity contribution in [3.05, 3.63) is 31.9 Å². The van der Waals surface area contributed by atoms with Gasteiger partial charge < -0.3 is 9.64 Å². The van der Waals surface area contributed by atoms with Crippen molar-refractivity contribution in [2.45, 2.75) is 25.8 Å². The minimum Gasteiger partial charge on any atom is -0.464 e. The van der Waals surface area contributed by atoms with Crippen LogP contribution in [0.4, 0.5) is 11.4 Å². The molecule has 20 heavy (non-hydrogen) atoms. The monoisotopic (exact) mass is 390 g/mol. The number of halogens is 1. The molecule has 1 aromatic rings. The molecule has 7 heteroatoms. The van der Waals surface area contributed by atoms with Gasteiger partial charge in [0.1, 0.15) is 6.04 Å². The first-order valence-corrected chi connectivity index (χ1v) is 7.49. The molecule has 1 aromatic carbocycles. The van der Waals surface area contributed by atoms with Crippen LogP contribution >= 0.6 is 22.6 Å². The van der Waals surface area contributed by atoms with Gasteiger partial charge in [-0.2, -0.15) is 0 Å². The average molecular weight is 390 g/mol. The fourth-order valence-electron chi connectivity index (χ4n) is 2.38. The van der Waals surface area contributed by atoms with Crippen LogP contribution in [0.25, 0.3) is 0 Å². The fourth-order valence-corrected chi connectivity index (χ4v) is 3.19. The topological polar surface area (TPSA) is 72.7 Å². The van der Waals surface area contributed by atoms with Crippen LogP contribution in [0.2, 0.25) is 0 Å². The standard InChI is InChI=1S/C13H15IN2O4/c1-2-20-13(17)12-4-3-7-15(12)11-6-5-9(16(18)19)8-10(11)14/h5-6,8,12H,2-4,7H2,1H3. The van der Waals surface area contributed by atoms with Crippen molar-refractivity contribution < 1.29 is 14.5 Å².